The number of furan rings is 1. The third-order valence-electron chi connectivity index (χ3n) is 3.15. The van der Waals surface area contributed by atoms with Gasteiger partial charge in [0, 0.05) is 11.8 Å². The van der Waals surface area contributed by atoms with Crippen molar-refractivity contribution < 1.29 is 28.3 Å². The third-order valence-corrected chi connectivity index (χ3v) is 3.15. The Morgan fingerprint density at radius 1 is 1.20 bits per heavy atom. The van der Waals surface area contributed by atoms with Gasteiger partial charge in [0.05, 0.1) is 13.4 Å². The molecular formula is C17H18N2O6. The standard InChI is InChI=1S/C17H18N2O6/c1-11(18-16(21)14-7-4-8-24-14)17(22)25-10-15(20)19-12-5-3-6-13(9-12)23-2/h3-9,11H,10H2,1-2H3,(H,18,21)(H,19,20)/t11-/m0/s1. The number of hydrogen-bond acceptors (Lipinski definition) is 6. The van der Waals surface area contributed by atoms with Crippen molar-refractivity contribution in [2.75, 3.05) is 19.0 Å². The number of nitrogens with one attached hydrogen (secondary N) is 2. The van der Waals surface area contributed by atoms with Crippen LogP contribution in [0, 0.1) is 0 Å². The van der Waals surface area contributed by atoms with Gasteiger partial charge >= 0.3 is 5.97 Å². The SMILES string of the molecule is COc1cccc(NC(=O)COC(=O)[C@H](C)NC(=O)c2ccco2)c1. The van der Waals surface area contributed by atoms with Crippen molar-refractivity contribution in [2.24, 2.45) is 0 Å². The molecule has 25 heavy (non-hydrogen) atoms. The number of carbonyl (C=O) groups excluding carboxylic acids is 3. The summed E-state index contributed by atoms with van der Waals surface area (Å²) < 4.78 is 14.9. The predicted octanol–water partition coefficient (Wildman–Crippen LogP) is 1.59. The van der Waals surface area contributed by atoms with Crippen LogP contribution in [-0.4, -0.2) is 37.5 Å². The third kappa shape index (κ3) is 5.38. The van der Waals surface area contributed by atoms with Crippen LogP contribution in [0.25, 0.3) is 0 Å². The molecular weight excluding hydrogens is 328 g/mol. The second kappa shape index (κ2) is 8.53. The minimum atomic E-state index is -0.929. The highest BCUT2D eigenvalue weighted by atomic mass is 16.5. The molecule has 1 aromatic heterocycles. The molecule has 0 saturated heterocycles. The minimum Gasteiger partial charge on any atom is -0.497 e. The summed E-state index contributed by atoms with van der Waals surface area (Å²) in [5.41, 5.74) is 0.513. The normalized spacial score (nSPS) is 11.3. The number of hydrogen-bond donors (Lipinski definition) is 2. The van der Waals surface area contributed by atoms with Gasteiger partial charge < -0.3 is 24.5 Å². The van der Waals surface area contributed by atoms with Crippen molar-refractivity contribution in [1.82, 2.24) is 5.32 Å². The van der Waals surface area contributed by atoms with Crippen LogP contribution in [0.4, 0.5) is 5.69 Å². The van der Waals surface area contributed by atoms with Gasteiger partial charge in [0.1, 0.15) is 11.8 Å². The van der Waals surface area contributed by atoms with E-state index in [-0.39, 0.29) is 5.76 Å². The molecule has 8 nitrogen and oxygen atoms in total. The Hall–Kier alpha value is -3.29. The first-order chi connectivity index (χ1) is 12.0. The van der Waals surface area contributed by atoms with E-state index in [1.165, 1.54) is 26.4 Å². The van der Waals surface area contributed by atoms with Gasteiger partial charge in [-0.25, -0.2) is 4.79 Å². The summed E-state index contributed by atoms with van der Waals surface area (Å²) in [4.78, 5) is 35.4. The largest absolute Gasteiger partial charge is 0.497 e. The molecule has 0 aliphatic carbocycles. The van der Waals surface area contributed by atoms with Crippen molar-refractivity contribution in [2.45, 2.75) is 13.0 Å². The lowest BCUT2D eigenvalue weighted by atomic mass is 10.3. The Morgan fingerprint density at radius 3 is 2.68 bits per heavy atom. The van der Waals surface area contributed by atoms with Crippen LogP contribution in [0.5, 0.6) is 5.75 Å². The molecule has 1 atom stereocenters. The molecule has 2 aromatic rings. The van der Waals surface area contributed by atoms with E-state index in [4.69, 9.17) is 13.9 Å². The quantitative estimate of drug-likeness (QED) is 0.737. The van der Waals surface area contributed by atoms with Crippen molar-refractivity contribution >= 4 is 23.5 Å². The lowest BCUT2D eigenvalue weighted by Crippen LogP contribution is -2.40. The van der Waals surface area contributed by atoms with Gasteiger partial charge in [0.2, 0.25) is 0 Å². The highest BCUT2D eigenvalue weighted by molar-refractivity contribution is 5.95. The van der Waals surface area contributed by atoms with Gasteiger partial charge in [-0.2, -0.15) is 0 Å². The molecule has 2 rings (SSSR count). The maximum atomic E-state index is 11.8. The van der Waals surface area contributed by atoms with E-state index >= 15 is 0 Å². The molecule has 0 aliphatic heterocycles. The number of amides is 2. The fraction of sp³-hybridized carbons (Fsp3) is 0.235. The highest BCUT2D eigenvalue weighted by Crippen LogP contribution is 2.16. The van der Waals surface area contributed by atoms with E-state index < -0.39 is 30.4 Å². The molecule has 2 amide bonds. The second-order valence-corrected chi connectivity index (χ2v) is 5.06. The van der Waals surface area contributed by atoms with E-state index in [0.29, 0.717) is 11.4 Å². The van der Waals surface area contributed by atoms with Crippen LogP contribution in [0.15, 0.2) is 47.1 Å². The molecule has 1 aromatic carbocycles. The van der Waals surface area contributed by atoms with Crippen molar-refractivity contribution in [3.05, 3.63) is 48.4 Å². The Kier molecular flexibility index (Phi) is 6.16. The summed E-state index contributed by atoms with van der Waals surface area (Å²) >= 11 is 0. The van der Waals surface area contributed by atoms with E-state index in [9.17, 15) is 14.4 Å². The number of anilines is 1. The van der Waals surface area contributed by atoms with Gasteiger partial charge in [0.15, 0.2) is 12.4 Å². The van der Waals surface area contributed by atoms with Gasteiger partial charge in [-0.05, 0) is 31.2 Å². The monoisotopic (exact) mass is 346 g/mol. The summed E-state index contributed by atoms with van der Waals surface area (Å²) in [6.07, 6.45) is 1.35. The highest BCUT2D eigenvalue weighted by Gasteiger charge is 2.20. The van der Waals surface area contributed by atoms with Crippen LogP contribution < -0.4 is 15.4 Å². The van der Waals surface area contributed by atoms with Crippen molar-refractivity contribution in [1.29, 1.82) is 0 Å². The molecule has 2 N–H and O–H groups in total. The first kappa shape index (κ1) is 18.1. The molecule has 0 saturated carbocycles. The zero-order valence-electron chi connectivity index (χ0n) is 13.8. The predicted molar refractivity (Wildman–Crippen MR) is 88.2 cm³/mol. The maximum Gasteiger partial charge on any atom is 0.328 e. The molecule has 8 heteroatoms. The zero-order chi connectivity index (χ0) is 18.2. The molecule has 0 radical (unpaired) electrons. The van der Waals surface area contributed by atoms with Crippen molar-refractivity contribution in [3.8, 4) is 5.75 Å². The van der Waals surface area contributed by atoms with Crippen LogP contribution >= 0.6 is 0 Å². The zero-order valence-corrected chi connectivity index (χ0v) is 13.8. The van der Waals surface area contributed by atoms with Crippen LogP contribution in [0.1, 0.15) is 17.5 Å². The number of rotatable bonds is 7. The van der Waals surface area contributed by atoms with Gasteiger partial charge in [-0.1, -0.05) is 6.07 Å². The lowest BCUT2D eigenvalue weighted by Gasteiger charge is -2.12. The maximum absolute atomic E-state index is 11.8. The molecule has 132 valence electrons. The molecule has 0 spiro atoms. The Bertz CT molecular complexity index is 741. The number of esters is 1. The lowest BCUT2D eigenvalue weighted by molar-refractivity contribution is -0.148. The van der Waals surface area contributed by atoms with E-state index in [1.54, 1.807) is 30.3 Å². The van der Waals surface area contributed by atoms with Gasteiger partial charge in [-0.15, -0.1) is 0 Å². The van der Waals surface area contributed by atoms with Gasteiger partial charge in [0.25, 0.3) is 11.8 Å². The Balaban J connectivity index is 1.78. The first-order valence-corrected chi connectivity index (χ1v) is 7.44. The summed E-state index contributed by atoms with van der Waals surface area (Å²) in [5, 5.41) is 4.99. The molecule has 1 heterocycles. The van der Waals surface area contributed by atoms with Crippen LogP contribution in [0.3, 0.4) is 0 Å². The first-order valence-electron chi connectivity index (χ1n) is 7.44. The summed E-state index contributed by atoms with van der Waals surface area (Å²) in [6.45, 7) is 0.972. The molecule has 0 aliphatic rings. The van der Waals surface area contributed by atoms with Crippen LogP contribution in [0.2, 0.25) is 0 Å². The Labute approximate surface area is 144 Å². The number of benzene rings is 1. The minimum absolute atomic E-state index is 0.0791. The number of methoxy groups -OCH3 is 1. The number of ether oxygens (including phenoxy) is 2. The Morgan fingerprint density at radius 2 is 2.00 bits per heavy atom. The topological polar surface area (TPSA) is 107 Å². The summed E-state index contributed by atoms with van der Waals surface area (Å²) in [6, 6.07) is 8.85. The summed E-state index contributed by atoms with van der Waals surface area (Å²) in [5.74, 6) is -1.12. The number of carbonyl (C=O) groups is 3. The second-order valence-electron chi connectivity index (χ2n) is 5.06. The van der Waals surface area contributed by atoms with E-state index in [2.05, 4.69) is 10.6 Å². The fourth-order valence-electron chi connectivity index (χ4n) is 1.89. The van der Waals surface area contributed by atoms with E-state index in [1.807, 2.05) is 0 Å². The van der Waals surface area contributed by atoms with E-state index in [0.717, 1.165) is 0 Å². The van der Waals surface area contributed by atoms with Gasteiger partial charge in [-0.3, -0.25) is 9.59 Å². The van der Waals surface area contributed by atoms with Crippen LogP contribution in [-0.2, 0) is 14.3 Å². The fourth-order valence-corrected chi connectivity index (χ4v) is 1.89. The molecule has 0 unspecified atom stereocenters. The average molecular weight is 346 g/mol. The average Bonchev–Trinajstić information content (AvgIpc) is 3.14. The molecule has 0 bridgehead atoms. The van der Waals surface area contributed by atoms with Crippen molar-refractivity contribution in [3.63, 3.8) is 0 Å². The molecule has 0 fully saturated rings. The summed E-state index contributed by atoms with van der Waals surface area (Å²) in [7, 11) is 1.51. The smallest absolute Gasteiger partial charge is 0.328 e.